The van der Waals surface area contributed by atoms with Crippen molar-refractivity contribution in [2.45, 2.75) is 25.9 Å². The van der Waals surface area contributed by atoms with Gasteiger partial charge in [0, 0.05) is 0 Å². The second kappa shape index (κ2) is 8.75. The van der Waals surface area contributed by atoms with Crippen molar-refractivity contribution < 1.29 is 9.47 Å². The van der Waals surface area contributed by atoms with Gasteiger partial charge in [0.1, 0.15) is 13.2 Å². The molecule has 0 saturated carbocycles. The fraction of sp³-hybridized carbons (Fsp3) is 0.231. The average Bonchev–Trinajstić information content (AvgIpc) is 3.44. The first kappa shape index (κ1) is 20.1. The molecular formula is C26H26N4O2. The number of nitrogens with one attached hydrogen (secondary N) is 2. The minimum Gasteiger partial charge on any atom is -0.475 e. The molecule has 5 rings (SSSR count). The van der Waals surface area contributed by atoms with Gasteiger partial charge in [0.2, 0.25) is 11.8 Å². The Kier molecular flexibility index (Phi) is 5.50. The molecule has 0 spiro atoms. The molecule has 0 radical (unpaired) electrons. The van der Waals surface area contributed by atoms with Gasteiger partial charge in [-0.2, -0.15) is 0 Å². The van der Waals surface area contributed by atoms with E-state index in [0.717, 1.165) is 33.9 Å². The molecule has 2 heterocycles. The van der Waals surface area contributed by atoms with E-state index in [1.54, 1.807) is 0 Å². The summed E-state index contributed by atoms with van der Waals surface area (Å²) in [7, 11) is 0. The van der Waals surface area contributed by atoms with Gasteiger partial charge in [-0.3, -0.25) is 0 Å². The predicted octanol–water partition coefficient (Wildman–Crippen LogP) is 5.50. The first-order valence-corrected chi connectivity index (χ1v) is 10.9. The number of hydrogen-bond donors (Lipinski definition) is 2. The molecule has 3 aromatic carbocycles. The van der Waals surface area contributed by atoms with Gasteiger partial charge in [0.25, 0.3) is 0 Å². The Morgan fingerprint density at radius 2 is 0.969 bits per heavy atom. The van der Waals surface area contributed by atoms with Crippen molar-refractivity contribution in [3.05, 3.63) is 83.9 Å². The third-order valence-electron chi connectivity index (χ3n) is 5.38. The lowest BCUT2D eigenvalue weighted by Gasteiger charge is -2.17. The molecule has 2 aliphatic heterocycles. The van der Waals surface area contributed by atoms with Crippen molar-refractivity contribution in [3.63, 3.8) is 0 Å². The number of para-hydroxylation sites is 4. The summed E-state index contributed by atoms with van der Waals surface area (Å²) in [5.74, 6) is 1.36. The van der Waals surface area contributed by atoms with Gasteiger partial charge in [-0.05, 0) is 50.2 Å². The SMILES string of the molecule is C[C@H]1COC(c2ccccc2Nc2ccccc2Nc2ccccc2C2=N[C@@H](C)CO2)=N1. The quantitative estimate of drug-likeness (QED) is 0.546. The van der Waals surface area contributed by atoms with E-state index in [9.17, 15) is 0 Å². The van der Waals surface area contributed by atoms with Crippen molar-refractivity contribution in [3.8, 4) is 0 Å². The van der Waals surface area contributed by atoms with Crippen LogP contribution in [0, 0.1) is 0 Å². The zero-order chi connectivity index (χ0) is 21.9. The van der Waals surface area contributed by atoms with Crippen LogP contribution in [0.4, 0.5) is 22.7 Å². The smallest absolute Gasteiger partial charge is 0.218 e. The Hall–Kier alpha value is -3.80. The van der Waals surface area contributed by atoms with Crippen LogP contribution in [-0.4, -0.2) is 37.1 Å². The van der Waals surface area contributed by atoms with E-state index in [2.05, 4.69) is 34.5 Å². The molecule has 0 saturated heterocycles. The van der Waals surface area contributed by atoms with E-state index in [-0.39, 0.29) is 12.1 Å². The maximum atomic E-state index is 5.80. The molecule has 0 unspecified atom stereocenters. The normalized spacial score (nSPS) is 19.6. The summed E-state index contributed by atoms with van der Waals surface area (Å²) in [6.07, 6.45) is 0. The van der Waals surface area contributed by atoms with Crippen LogP contribution in [0.5, 0.6) is 0 Å². The molecule has 2 aliphatic rings. The lowest BCUT2D eigenvalue weighted by Crippen LogP contribution is -2.08. The molecule has 2 N–H and O–H groups in total. The Bertz CT molecular complexity index is 1100. The average molecular weight is 427 g/mol. The van der Waals surface area contributed by atoms with Crippen LogP contribution in [0.25, 0.3) is 0 Å². The largest absolute Gasteiger partial charge is 0.475 e. The molecule has 0 fully saturated rings. The summed E-state index contributed by atoms with van der Waals surface area (Å²) in [6, 6.07) is 24.6. The molecule has 0 amide bonds. The standard InChI is InChI=1S/C26H26N4O2/c1-17-15-31-25(27-17)19-9-3-5-11-21(19)29-23-13-7-8-14-24(23)30-22-12-6-4-10-20(22)26-28-18(2)16-32-26/h3-14,17-18,29-30H,15-16H2,1-2H3/t17-,18-/m0/s1. The Morgan fingerprint density at radius 3 is 1.34 bits per heavy atom. The first-order valence-electron chi connectivity index (χ1n) is 10.9. The van der Waals surface area contributed by atoms with Crippen molar-refractivity contribution in [1.29, 1.82) is 0 Å². The first-order chi connectivity index (χ1) is 15.7. The van der Waals surface area contributed by atoms with Gasteiger partial charge in [0.05, 0.1) is 46.0 Å². The molecule has 0 bridgehead atoms. The summed E-state index contributed by atoms with van der Waals surface area (Å²) in [5.41, 5.74) is 5.69. The molecule has 32 heavy (non-hydrogen) atoms. The summed E-state index contributed by atoms with van der Waals surface area (Å²) in [5, 5.41) is 7.13. The molecule has 0 aliphatic carbocycles. The topological polar surface area (TPSA) is 67.2 Å². The van der Waals surface area contributed by atoms with E-state index < -0.39 is 0 Å². The zero-order valence-corrected chi connectivity index (χ0v) is 18.2. The highest BCUT2D eigenvalue weighted by Gasteiger charge is 2.21. The second-order valence-corrected chi connectivity index (χ2v) is 8.08. The van der Waals surface area contributed by atoms with Gasteiger partial charge in [-0.15, -0.1) is 0 Å². The molecule has 162 valence electrons. The molecule has 2 atom stereocenters. The molecular weight excluding hydrogens is 400 g/mol. The van der Waals surface area contributed by atoms with E-state index in [1.807, 2.05) is 72.8 Å². The number of aliphatic imine (C=N–C) groups is 2. The van der Waals surface area contributed by atoms with Gasteiger partial charge in [0.15, 0.2) is 0 Å². The minimum absolute atomic E-state index is 0.173. The van der Waals surface area contributed by atoms with Crippen LogP contribution >= 0.6 is 0 Å². The highest BCUT2D eigenvalue weighted by Crippen LogP contribution is 2.32. The van der Waals surface area contributed by atoms with Crippen LogP contribution in [0.2, 0.25) is 0 Å². The van der Waals surface area contributed by atoms with E-state index in [0.29, 0.717) is 25.0 Å². The Morgan fingerprint density at radius 1 is 0.594 bits per heavy atom. The van der Waals surface area contributed by atoms with Crippen molar-refractivity contribution in [1.82, 2.24) is 0 Å². The maximum absolute atomic E-state index is 5.80. The van der Waals surface area contributed by atoms with Crippen molar-refractivity contribution in [2.24, 2.45) is 9.98 Å². The molecule has 0 aromatic heterocycles. The van der Waals surface area contributed by atoms with Crippen molar-refractivity contribution >= 4 is 34.5 Å². The zero-order valence-electron chi connectivity index (χ0n) is 18.2. The number of rotatable bonds is 6. The van der Waals surface area contributed by atoms with Gasteiger partial charge in [-0.1, -0.05) is 36.4 Å². The monoisotopic (exact) mass is 426 g/mol. The summed E-state index contributed by atoms with van der Waals surface area (Å²) >= 11 is 0. The number of benzene rings is 3. The number of nitrogens with zero attached hydrogens (tertiary/aromatic N) is 2. The third kappa shape index (κ3) is 4.17. The number of hydrogen-bond acceptors (Lipinski definition) is 6. The van der Waals surface area contributed by atoms with E-state index in [1.165, 1.54) is 0 Å². The van der Waals surface area contributed by atoms with Crippen LogP contribution in [0.15, 0.2) is 82.8 Å². The molecule has 3 aromatic rings. The Labute approximate surface area is 188 Å². The van der Waals surface area contributed by atoms with E-state index in [4.69, 9.17) is 9.47 Å². The lowest BCUT2D eigenvalue weighted by atomic mass is 10.1. The van der Waals surface area contributed by atoms with Crippen LogP contribution in [0.1, 0.15) is 25.0 Å². The predicted molar refractivity (Wildman–Crippen MR) is 130 cm³/mol. The van der Waals surface area contributed by atoms with Crippen LogP contribution in [0.3, 0.4) is 0 Å². The third-order valence-corrected chi connectivity index (χ3v) is 5.38. The summed E-state index contributed by atoms with van der Waals surface area (Å²) < 4.78 is 11.6. The second-order valence-electron chi connectivity index (χ2n) is 8.08. The van der Waals surface area contributed by atoms with Crippen LogP contribution < -0.4 is 10.6 Å². The highest BCUT2D eigenvalue weighted by molar-refractivity contribution is 6.03. The highest BCUT2D eigenvalue weighted by atomic mass is 16.5. The van der Waals surface area contributed by atoms with Gasteiger partial charge >= 0.3 is 0 Å². The number of anilines is 4. The summed E-state index contributed by atoms with van der Waals surface area (Å²) in [6.45, 7) is 5.34. The fourth-order valence-corrected chi connectivity index (χ4v) is 3.79. The minimum atomic E-state index is 0.173. The van der Waals surface area contributed by atoms with Gasteiger partial charge < -0.3 is 20.1 Å². The van der Waals surface area contributed by atoms with Gasteiger partial charge in [-0.25, -0.2) is 9.98 Å². The van der Waals surface area contributed by atoms with Crippen LogP contribution in [-0.2, 0) is 9.47 Å². The van der Waals surface area contributed by atoms with Crippen molar-refractivity contribution in [2.75, 3.05) is 23.8 Å². The summed E-state index contributed by atoms with van der Waals surface area (Å²) in [4.78, 5) is 9.25. The molecule has 6 nitrogen and oxygen atoms in total. The fourth-order valence-electron chi connectivity index (χ4n) is 3.79. The lowest BCUT2D eigenvalue weighted by molar-refractivity contribution is 0.324. The maximum Gasteiger partial charge on any atom is 0.218 e. The van der Waals surface area contributed by atoms with E-state index >= 15 is 0 Å². The molecule has 6 heteroatoms. The Balaban J connectivity index is 1.45. The number of ether oxygens (including phenoxy) is 2.